The average molecular weight is 354 g/mol. The van der Waals surface area contributed by atoms with Gasteiger partial charge >= 0.3 is 5.97 Å². The van der Waals surface area contributed by atoms with Crippen LogP contribution in [0.1, 0.15) is 40.5 Å². The lowest BCUT2D eigenvalue weighted by molar-refractivity contribution is -0.173. The normalized spacial score (nSPS) is 38.2. The van der Waals surface area contributed by atoms with Gasteiger partial charge in [-0.25, -0.2) is 0 Å². The van der Waals surface area contributed by atoms with E-state index in [-0.39, 0.29) is 17.3 Å². The smallest absolute Gasteiger partial charge is 0.316 e. The summed E-state index contributed by atoms with van der Waals surface area (Å²) in [5.41, 5.74) is -0.884. The number of ketones is 1. The van der Waals surface area contributed by atoms with Crippen molar-refractivity contribution in [3.8, 4) is 0 Å². The number of Topliss-reactive ketones (excluding diaryl/α,β-unsaturated/α-hetero) is 1. The first-order chi connectivity index (χ1) is 11.6. The van der Waals surface area contributed by atoms with E-state index < -0.39 is 17.5 Å². The summed E-state index contributed by atoms with van der Waals surface area (Å²) in [5, 5.41) is 3.20. The third kappa shape index (κ3) is 4.80. The summed E-state index contributed by atoms with van der Waals surface area (Å²) in [6.07, 6.45) is 1.49. The SMILES string of the molecule is COC1(C)CC(C)CN(C)CC2(CNC2)OC(=O)C(C)C(=O)C(C)C1. The number of carbonyl (C=O) groups is 2. The van der Waals surface area contributed by atoms with Gasteiger partial charge in [0.25, 0.3) is 0 Å². The molecule has 1 spiro atoms. The maximum absolute atomic E-state index is 12.7. The van der Waals surface area contributed by atoms with Gasteiger partial charge in [0.15, 0.2) is 0 Å². The number of rotatable bonds is 1. The highest BCUT2D eigenvalue weighted by molar-refractivity contribution is 5.99. The highest BCUT2D eigenvalue weighted by Crippen LogP contribution is 2.31. The minimum Gasteiger partial charge on any atom is -0.454 e. The first kappa shape index (κ1) is 20.3. The zero-order chi connectivity index (χ0) is 18.8. The average Bonchev–Trinajstić information content (AvgIpc) is 2.49. The molecule has 6 nitrogen and oxygen atoms in total. The van der Waals surface area contributed by atoms with Gasteiger partial charge in [0.05, 0.1) is 5.60 Å². The lowest BCUT2D eigenvalue weighted by Gasteiger charge is -2.44. The summed E-state index contributed by atoms with van der Waals surface area (Å²) < 4.78 is 11.6. The molecule has 0 bridgehead atoms. The number of esters is 1. The molecule has 2 rings (SSSR count). The van der Waals surface area contributed by atoms with Gasteiger partial charge in [0.2, 0.25) is 0 Å². The maximum Gasteiger partial charge on any atom is 0.316 e. The fourth-order valence-corrected chi connectivity index (χ4v) is 4.35. The van der Waals surface area contributed by atoms with Crippen LogP contribution in [0.4, 0.5) is 0 Å². The van der Waals surface area contributed by atoms with Crippen molar-refractivity contribution in [2.24, 2.45) is 17.8 Å². The predicted octanol–water partition coefficient (Wildman–Crippen LogP) is 1.48. The van der Waals surface area contributed by atoms with Crippen LogP contribution in [0.5, 0.6) is 0 Å². The van der Waals surface area contributed by atoms with Crippen molar-refractivity contribution in [2.45, 2.75) is 51.7 Å². The number of nitrogens with zero attached hydrogens (tertiary/aromatic N) is 1. The Morgan fingerprint density at radius 1 is 1.20 bits per heavy atom. The van der Waals surface area contributed by atoms with Crippen LogP contribution >= 0.6 is 0 Å². The first-order valence-electron chi connectivity index (χ1n) is 9.31. The van der Waals surface area contributed by atoms with Gasteiger partial charge in [-0.05, 0) is 39.7 Å². The second-order valence-corrected chi connectivity index (χ2v) is 8.60. The van der Waals surface area contributed by atoms with Crippen LogP contribution in [0.25, 0.3) is 0 Å². The van der Waals surface area contributed by atoms with Gasteiger partial charge < -0.3 is 19.7 Å². The molecule has 0 aliphatic carbocycles. The molecule has 6 heteroatoms. The largest absolute Gasteiger partial charge is 0.454 e. The van der Waals surface area contributed by atoms with Crippen molar-refractivity contribution in [3.05, 3.63) is 0 Å². The number of ether oxygens (including phenoxy) is 2. The molecule has 0 aromatic heterocycles. The van der Waals surface area contributed by atoms with Crippen LogP contribution in [0.2, 0.25) is 0 Å². The van der Waals surface area contributed by atoms with Crippen molar-refractivity contribution < 1.29 is 19.1 Å². The molecule has 0 saturated carbocycles. The number of nitrogens with one attached hydrogen (secondary N) is 1. The molecule has 0 amide bonds. The number of hydrogen-bond acceptors (Lipinski definition) is 6. The fraction of sp³-hybridized carbons (Fsp3) is 0.895. The number of methoxy groups -OCH3 is 1. The van der Waals surface area contributed by atoms with Crippen LogP contribution in [-0.4, -0.2) is 68.2 Å². The van der Waals surface area contributed by atoms with E-state index in [0.717, 1.165) is 13.0 Å². The summed E-state index contributed by atoms with van der Waals surface area (Å²) in [6.45, 7) is 10.7. The molecule has 144 valence electrons. The van der Waals surface area contributed by atoms with E-state index in [1.165, 1.54) is 0 Å². The Morgan fingerprint density at radius 3 is 2.36 bits per heavy atom. The van der Waals surface area contributed by atoms with E-state index in [0.29, 0.717) is 32.0 Å². The topological polar surface area (TPSA) is 67.9 Å². The van der Waals surface area contributed by atoms with Crippen molar-refractivity contribution in [1.29, 1.82) is 0 Å². The van der Waals surface area contributed by atoms with Gasteiger partial charge in [-0.15, -0.1) is 0 Å². The van der Waals surface area contributed by atoms with Gasteiger partial charge in [0, 0.05) is 39.2 Å². The Morgan fingerprint density at radius 2 is 1.84 bits per heavy atom. The molecular weight excluding hydrogens is 320 g/mol. The molecule has 1 N–H and O–H groups in total. The van der Waals surface area contributed by atoms with Crippen molar-refractivity contribution in [3.63, 3.8) is 0 Å². The van der Waals surface area contributed by atoms with Crippen molar-refractivity contribution in [1.82, 2.24) is 10.2 Å². The molecular formula is C19H34N2O4. The zero-order valence-electron chi connectivity index (χ0n) is 16.6. The number of likely N-dealkylation sites (N-methyl/N-ethyl adjacent to an activating group) is 1. The Bertz CT molecular complexity index is 506. The molecule has 4 atom stereocenters. The second kappa shape index (κ2) is 7.72. The Hall–Kier alpha value is -0.980. The third-order valence-corrected chi connectivity index (χ3v) is 5.67. The van der Waals surface area contributed by atoms with Gasteiger partial charge in [-0.3, -0.25) is 9.59 Å². The third-order valence-electron chi connectivity index (χ3n) is 5.67. The molecule has 25 heavy (non-hydrogen) atoms. The Balaban J connectivity index is 2.26. The van der Waals surface area contributed by atoms with Crippen LogP contribution in [0.15, 0.2) is 0 Å². The number of carbonyl (C=O) groups excluding carboxylic acids is 2. The summed E-state index contributed by atoms with van der Waals surface area (Å²) in [7, 11) is 3.77. The minimum absolute atomic E-state index is 0.0593. The van der Waals surface area contributed by atoms with Gasteiger partial charge in [-0.1, -0.05) is 13.8 Å². The van der Waals surface area contributed by atoms with Crippen LogP contribution in [0, 0.1) is 17.8 Å². The molecule has 0 radical (unpaired) electrons. The molecule has 2 saturated heterocycles. The van der Waals surface area contributed by atoms with Gasteiger partial charge in [-0.2, -0.15) is 0 Å². The molecule has 2 aliphatic rings. The Kier molecular flexibility index (Phi) is 6.28. The van der Waals surface area contributed by atoms with Crippen molar-refractivity contribution >= 4 is 11.8 Å². The summed E-state index contributed by atoms with van der Waals surface area (Å²) >= 11 is 0. The number of hydrogen-bond donors (Lipinski definition) is 1. The monoisotopic (exact) mass is 354 g/mol. The summed E-state index contributed by atoms with van der Waals surface area (Å²) in [6, 6.07) is 0. The quantitative estimate of drug-likeness (QED) is 0.568. The predicted molar refractivity (Wildman–Crippen MR) is 96.3 cm³/mol. The molecule has 4 unspecified atom stereocenters. The lowest BCUT2D eigenvalue weighted by atomic mass is 9.81. The molecule has 2 fully saturated rings. The van der Waals surface area contributed by atoms with E-state index in [4.69, 9.17) is 9.47 Å². The highest BCUT2D eigenvalue weighted by atomic mass is 16.6. The zero-order valence-corrected chi connectivity index (χ0v) is 16.6. The van der Waals surface area contributed by atoms with Crippen molar-refractivity contribution in [2.75, 3.05) is 40.3 Å². The maximum atomic E-state index is 12.7. The first-order valence-corrected chi connectivity index (χ1v) is 9.31. The van der Waals surface area contributed by atoms with E-state index in [2.05, 4.69) is 31.1 Å². The lowest BCUT2D eigenvalue weighted by Crippen LogP contribution is -2.67. The van der Waals surface area contributed by atoms with Gasteiger partial charge in [0.1, 0.15) is 17.3 Å². The molecule has 2 heterocycles. The molecule has 0 aromatic carbocycles. The second-order valence-electron chi connectivity index (χ2n) is 8.60. The highest BCUT2D eigenvalue weighted by Gasteiger charge is 2.44. The van der Waals surface area contributed by atoms with E-state index >= 15 is 0 Å². The molecule has 2 aliphatic heterocycles. The van der Waals surface area contributed by atoms with E-state index in [1.807, 2.05) is 6.92 Å². The van der Waals surface area contributed by atoms with Crippen LogP contribution < -0.4 is 5.32 Å². The molecule has 0 aromatic rings. The van der Waals surface area contributed by atoms with E-state index in [9.17, 15) is 9.59 Å². The van der Waals surface area contributed by atoms with Crippen LogP contribution in [0.3, 0.4) is 0 Å². The summed E-state index contributed by atoms with van der Waals surface area (Å²) in [5.74, 6) is -1.03. The Labute approximate surface area is 151 Å². The van der Waals surface area contributed by atoms with E-state index in [1.54, 1.807) is 14.0 Å². The minimum atomic E-state index is -0.739. The fourth-order valence-electron chi connectivity index (χ4n) is 4.35. The standard InChI is InChI=1S/C19H34N2O4/c1-13-7-18(4,24-6)8-14(2)16(22)15(3)17(23)25-19(10-20-11-19)12-21(5)9-13/h13-15,20H,7-12H2,1-6H3. The summed E-state index contributed by atoms with van der Waals surface area (Å²) in [4.78, 5) is 27.5. The van der Waals surface area contributed by atoms with Crippen LogP contribution in [-0.2, 0) is 19.1 Å².